The molecule has 0 saturated carbocycles. The van der Waals surface area contributed by atoms with Crippen LogP contribution in [0.1, 0.15) is 12.8 Å². The number of carbonyl (C=O) groups is 3. The molecule has 0 radical (unpaired) electrons. The lowest BCUT2D eigenvalue weighted by Gasteiger charge is -1.87. The molecule has 0 rings (SSSR count). The van der Waals surface area contributed by atoms with Crippen molar-refractivity contribution < 1.29 is 14.4 Å². The predicted molar refractivity (Wildman–Crippen MR) is 34.7 cm³/mol. The number of rotatable bonds is 3. The van der Waals surface area contributed by atoms with Crippen molar-refractivity contribution in [1.29, 1.82) is 0 Å². The number of nitrogens with two attached hydrogens (primary N) is 2. The zero-order valence-electron chi connectivity index (χ0n) is 5.50. The van der Waals surface area contributed by atoms with Crippen molar-refractivity contribution in [3.8, 4) is 0 Å². The number of primary amides is 2. The van der Waals surface area contributed by atoms with Crippen LogP contribution in [0.5, 0.6) is 0 Å². The van der Waals surface area contributed by atoms with E-state index >= 15 is 0 Å². The summed E-state index contributed by atoms with van der Waals surface area (Å²) >= 11 is 0. The van der Waals surface area contributed by atoms with Gasteiger partial charge in [0.2, 0.25) is 11.8 Å². The summed E-state index contributed by atoms with van der Waals surface area (Å²) in [4.78, 5) is 27.8. The highest BCUT2D eigenvalue weighted by atomic mass is 16.2. The van der Waals surface area contributed by atoms with Crippen molar-refractivity contribution in [2.45, 2.75) is 12.8 Å². The zero-order chi connectivity index (χ0) is 8.57. The molecule has 58 valence electrons. The Hall–Kier alpha value is -1.39. The molecule has 5 heteroatoms. The molecule has 0 aliphatic carbocycles. The second-order valence-electron chi connectivity index (χ2n) is 1.43. The van der Waals surface area contributed by atoms with E-state index in [0.717, 1.165) is 0 Å². The summed E-state index contributed by atoms with van der Waals surface area (Å²) in [5.41, 5.74) is 9.39. The molecule has 0 aliphatic heterocycles. The summed E-state index contributed by atoms with van der Waals surface area (Å²) in [6, 6.07) is 0. The van der Waals surface area contributed by atoms with Crippen molar-refractivity contribution in [3.63, 3.8) is 0 Å². The minimum absolute atomic E-state index is 0.0509. The van der Waals surface area contributed by atoms with Gasteiger partial charge < -0.3 is 16.3 Å². The lowest BCUT2D eigenvalue weighted by atomic mass is 10.3. The summed E-state index contributed by atoms with van der Waals surface area (Å²) in [6.45, 7) is 2.00. The van der Waals surface area contributed by atoms with Crippen molar-refractivity contribution >= 4 is 18.6 Å². The molecule has 4 N–H and O–H groups in total. The highest BCUT2D eigenvalue weighted by Crippen LogP contribution is 1.82. The highest BCUT2D eigenvalue weighted by molar-refractivity contribution is 5.81. The SMILES string of the molecule is C=O.NC(=O)CCC(N)=O. The maximum atomic E-state index is 9.92. The normalized spacial score (nSPS) is 7.20. The summed E-state index contributed by atoms with van der Waals surface area (Å²) in [6.07, 6.45) is 0.102. The van der Waals surface area contributed by atoms with Gasteiger partial charge in [0.25, 0.3) is 0 Å². The summed E-state index contributed by atoms with van der Waals surface area (Å²) in [5.74, 6) is -0.993. The number of hydrogen-bond acceptors (Lipinski definition) is 3. The van der Waals surface area contributed by atoms with Gasteiger partial charge in [-0.05, 0) is 0 Å². The molecule has 0 aliphatic rings. The molecule has 0 aromatic heterocycles. The fourth-order valence-corrected chi connectivity index (χ4v) is 0.246. The van der Waals surface area contributed by atoms with Gasteiger partial charge in [-0.3, -0.25) is 9.59 Å². The fourth-order valence-electron chi connectivity index (χ4n) is 0.246. The Labute approximate surface area is 58.4 Å². The van der Waals surface area contributed by atoms with E-state index in [-0.39, 0.29) is 12.8 Å². The second kappa shape index (κ2) is 7.61. The molecule has 0 bridgehead atoms. The molecule has 5 nitrogen and oxygen atoms in total. The molecule has 0 saturated heterocycles. The molecular weight excluding hydrogens is 136 g/mol. The number of hydrogen-bond donors (Lipinski definition) is 2. The highest BCUT2D eigenvalue weighted by Gasteiger charge is 1.96. The summed E-state index contributed by atoms with van der Waals surface area (Å²) in [5, 5.41) is 0. The Kier molecular flexibility index (Phi) is 8.68. The largest absolute Gasteiger partial charge is 0.370 e. The van der Waals surface area contributed by atoms with Crippen LogP contribution in [-0.2, 0) is 14.4 Å². The van der Waals surface area contributed by atoms with Crippen LogP contribution in [-0.4, -0.2) is 18.6 Å². The van der Waals surface area contributed by atoms with Crippen molar-refractivity contribution in [2.24, 2.45) is 11.5 Å². The Morgan fingerprint density at radius 3 is 1.30 bits per heavy atom. The van der Waals surface area contributed by atoms with Gasteiger partial charge in [-0.1, -0.05) is 0 Å². The third-order valence-electron chi connectivity index (χ3n) is 0.618. The van der Waals surface area contributed by atoms with Gasteiger partial charge in [-0.15, -0.1) is 0 Å². The third-order valence-corrected chi connectivity index (χ3v) is 0.618. The average Bonchev–Trinajstić information content (AvgIpc) is 1.89. The number of carbonyl (C=O) groups excluding carboxylic acids is 3. The van der Waals surface area contributed by atoms with Crippen LogP contribution >= 0.6 is 0 Å². The second-order valence-corrected chi connectivity index (χ2v) is 1.43. The van der Waals surface area contributed by atoms with E-state index in [4.69, 9.17) is 16.3 Å². The van der Waals surface area contributed by atoms with Gasteiger partial charge in [0.1, 0.15) is 6.79 Å². The molecular formula is C5H10N2O3. The first-order chi connectivity index (χ1) is 4.63. The van der Waals surface area contributed by atoms with Gasteiger partial charge in [-0.25, -0.2) is 0 Å². The van der Waals surface area contributed by atoms with E-state index in [1.807, 2.05) is 6.79 Å². The van der Waals surface area contributed by atoms with Crippen LogP contribution in [0, 0.1) is 0 Å². The smallest absolute Gasteiger partial charge is 0.217 e. The molecule has 0 atom stereocenters. The minimum atomic E-state index is -0.496. The minimum Gasteiger partial charge on any atom is -0.370 e. The first kappa shape index (κ1) is 11.4. The lowest BCUT2D eigenvalue weighted by Crippen LogP contribution is -2.16. The van der Waals surface area contributed by atoms with Gasteiger partial charge >= 0.3 is 0 Å². The molecule has 0 unspecified atom stereocenters. The molecule has 0 fully saturated rings. The van der Waals surface area contributed by atoms with E-state index in [1.54, 1.807) is 0 Å². The van der Waals surface area contributed by atoms with Crippen molar-refractivity contribution in [1.82, 2.24) is 0 Å². The molecule has 10 heavy (non-hydrogen) atoms. The molecule has 0 aromatic rings. The first-order valence-electron chi connectivity index (χ1n) is 2.48. The van der Waals surface area contributed by atoms with E-state index < -0.39 is 11.8 Å². The summed E-state index contributed by atoms with van der Waals surface area (Å²) in [7, 11) is 0. The van der Waals surface area contributed by atoms with Gasteiger partial charge in [0.15, 0.2) is 0 Å². The third kappa shape index (κ3) is 16.0. The zero-order valence-corrected chi connectivity index (χ0v) is 5.50. The van der Waals surface area contributed by atoms with Crippen molar-refractivity contribution in [3.05, 3.63) is 0 Å². The summed E-state index contributed by atoms with van der Waals surface area (Å²) < 4.78 is 0. The topological polar surface area (TPSA) is 103 Å². The van der Waals surface area contributed by atoms with Gasteiger partial charge in [0.05, 0.1) is 0 Å². The van der Waals surface area contributed by atoms with Crippen LogP contribution < -0.4 is 11.5 Å². The Morgan fingerprint density at radius 2 is 1.20 bits per heavy atom. The van der Waals surface area contributed by atoms with E-state index in [1.165, 1.54) is 0 Å². The maximum absolute atomic E-state index is 9.92. The van der Waals surface area contributed by atoms with Gasteiger partial charge in [-0.2, -0.15) is 0 Å². The van der Waals surface area contributed by atoms with E-state index in [0.29, 0.717) is 0 Å². The molecule has 0 heterocycles. The first-order valence-corrected chi connectivity index (χ1v) is 2.48. The van der Waals surface area contributed by atoms with Crippen LogP contribution in [0.15, 0.2) is 0 Å². The van der Waals surface area contributed by atoms with Gasteiger partial charge in [0, 0.05) is 12.8 Å². The quantitative estimate of drug-likeness (QED) is 0.509. The fraction of sp³-hybridized carbons (Fsp3) is 0.400. The molecule has 0 spiro atoms. The van der Waals surface area contributed by atoms with Crippen molar-refractivity contribution in [2.75, 3.05) is 0 Å². The Balaban J connectivity index is 0. The van der Waals surface area contributed by atoms with Crippen LogP contribution in [0.4, 0.5) is 0 Å². The van der Waals surface area contributed by atoms with Crippen LogP contribution in [0.2, 0.25) is 0 Å². The monoisotopic (exact) mass is 146 g/mol. The standard InChI is InChI=1S/C4H8N2O2.CH2O/c5-3(7)1-2-4(6)8;1-2/h1-2H2,(H2,5,7)(H2,6,8);1H2. The lowest BCUT2D eigenvalue weighted by molar-refractivity contribution is -0.123. The average molecular weight is 146 g/mol. The predicted octanol–water partition coefficient (Wildman–Crippen LogP) is -1.45. The molecule has 0 aromatic carbocycles. The Morgan fingerprint density at radius 1 is 1.00 bits per heavy atom. The van der Waals surface area contributed by atoms with E-state index in [9.17, 15) is 9.59 Å². The number of amides is 2. The van der Waals surface area contributed by atoms with Crippen LogP contribution in [0.3, 0.4) is 0 Å². The van der Waals surface area contributed by atoms with E-state index in [2.05, 4.69) is 0 Å². The Bertz CT molecular complexity index is 110. The maximum Gasteiger partial charge on any atom is 0.217 e. The molecule has 2 amide bonds. The van der Waals surface area contributed by atoms with Crippen LogP contribution in [0.25, 0.3) is 0 Å².